The number of thioether (sulfide) groups is 1. The Morgan fingerprint density at radius 1 is 1.14 bits per heavy atom. The molecule has 2 heterocycles. The Morgan fingerprint density at radius 3 is 2.50 bits per heavy atom. The Kier molecular flexibility index (Phi) is 8.17. The van der Waals surface area contributed by atoms with E-state index in [2.05, 4.69) is 69.3 Å². The van der Waals surface area contributed by atoms with Gasteiger partial charge in [-0.3, -0.25) is 4.79 Å². The molecule has 10 heteroatoms. The average molecular weight is 587 g/mol. The van der Waals surface area contributed by atoms with Crippen LogP contribution in [0.4, 0.5) is 5.13 Å². The van der Waals surface area contributed by atoms with E-state index in [4.69, 9.17) is 4.74 Å². The minimum absolute atomic E-state index is 0.0908. The summed E-state index contributed by atoms with van der Waals surface area (Å²) >= 11 is 6.15. The van der Waals surface area contributed by atoms with Crippen LogP contribution < -0.4 is 10.1 Å². The van der Waals surface area contributed by atoms with Gasteiger partial charge in [0.2, 0.25) is 5.91 Å². The highest BCUT2D eigenvalue weighted by molar-refractivity contribution is 9.10. The molecule has 0 bridgehead atoms. The van der Waals surface area contributed by atoms with Gasteiger partial charge in [0.25, 0.3) is 0 Å². The highest BCUT2D eigenvalue weighted by atomic mass is 79.9. The SMILES string of the molecule is CC(Oc1ccc(C(C)(C)C)cc1)c1nnc(SCC(=O)Nc2nc(-c3ccc(Br)cc3)cs2)n1C. The van der Waals surface area contributed by atoms with E-state index < -0.39 is 0 Å². The van der Waals surface area contributed by atoms with E-state index >= 15 is 0 Å². The molecule has 2 aromatic heterocycles. The molecule has 1 amide bonds. The summed E-state index contributed by atoms with van der Waals surface area (Å²) in [5.74, 6) is 1.52. The van der Waals surface area contributed by atoms with Gasteiger partial charge in [-0.05, 0) is 42.2 Å². The van der Waals surface area contributed by atoms with Crippen molar-refractivity contribution < 1.29 is 9.53 Å². The number of benzene rings is 2. The Morgan fingerprint density at radius 2 is 1.83 bits per heavy atom. The van der Waals surface area contributed by atoms with Crippen molar-refractivity contribution in [3.63, 3.8) is 0 Å². The number of anilines is 1. The van der Waals surface area contributed by atoms with Crippen LogP contribution in [0.15, 0.2) is 63.5 Å². The van der Waals surface area contributed by atoms with Gasteiger partial charge in [0.15, 0.2) is 22.2 Å². The molecule has 0 saturated heterocycles. The molecule has 0 aliphatic heterocycles. The third-order valence-electron chi connectivity index (χ3n) is 5.49. The molecule has 1 atom stereocenters. The van der Waals surface area contributed by atoms with Crippen LogP contribution in [-0.4, -0.2) is 31.4 Å². The monoisotopic (exact) mass is 585 g/mol. The van der Waals surface area contributed by atoms with Crippen molar-refractivity contribution in [3.8, 4) is 17.0 Å². The number of carbonyl (C=O) groups is 1. The van der Waals surface area contributed by atoms with Crippen LogP contribution in [0.2, 0.25) is 0 Å². The maximum absolute atomic E-state index is 12.5. The molecule has 0 radical (unpaired) electrons. The summed E-state index contributed by atoms with van der Waals surface area (Å²) < 4.78 is 8.96. The third-order valence-corrected chi connectivity index (χ3v) is 7.79. The second-order valence-electron chi connectivity index (χ2n) is 9.32. The Bertz CT molecular complexity index is 1330. The van der Waals surface area contributed by atoms with Crippen molar-refractivity contribution in [1.29, 1.82) is 0 Å². The van der Waals surface area contributed by atoms with Crippen molar-refractivity contribution in [2.45, 2.75) is 44.4 Å². The minimum Gasteiger partial charge on any atom is -0.483 e. The van der Waals surface area contributed by atoms with Crippen LogP contribution in [-0.2, 0) is 17.3 Å². The molecule has 188 valence electrons. The molecule has 0 aliphatic carbocycles. The predicted molar refractivity (Wildman–Crippen MR) is 150 cm³/mol. The summed E-state index contributed by atoms with van der Waals surface area (Å²) in [6, 6.07) is 16.0. The summed E-state index contributed by atoms with van der Waals surface area (Å²) in [5, 5.41) is 14.6. The first kappa shape index (κ1) is 26.4. The van der Waals surface area contributed by atoms with E-state index in [0.717, 1.165) is 21.5 Å². The molecule has 2 aromatic carbocycles. The maximum atomic E-state index is 12.5. The fourth-order valence-corrected chi connectivity index (χ4v) is 5.18. The van der Waals surface area contributed by atoms with Gasteiger partial charge in [0.1, 0.15) is 5.75 Å². The van der Waals surface area contributed by atoms with Gasteiger partial charge in [0.05, 0.1) is 11.4 Å². The maximum Gasteiger partial charge on any atom is 0.236 e. The summed E-state index contributed by atoms with van der Waals surface area (Å²) in [6.45, 7) is 8.49. The van der Waals surface area contributed by atoms with E-state index in [-0.39, 0.29) is 23.2 Å². The van der Waals surface area contributed by atoms with Crippen molar-refractivity contribution in [2.75, 3.05) is 11.1 Å². The Hall–Kier alpha value is -2.69. The molecular weight excluding hydrogens is 558 g/mol. The normalized spacial score (nSPS) is 12.4. The molecule has 4 aromatic rings. The zero-order valence-corrected chi connectivity index (χ0v) is 24.0. The van der Waals surface area contributed by atoms with Gasteiger partial charge >= 0.3 is 0 Å². The number of hydrogen-bond donors (Lipinski definition) is 1. The lowest BCUT2D eigenvalue weighted by Crippen LogP contribution is -2.14. The van der Waals surface area contributed by atoms with E-state index in [1.54, 1.807) is 0 Å². The van der Waals surface area contributed by atoms with Crippen LogP contribution in [0.25, 0.3) is 11.3 Å². The standard InChI is InChI=1S/C26H28BrN5O2S2/c1-16(34-20-12-8-18(9-13-20)26(2,3)4)23-30-31-25(32(23)5)36-15-22(33)29-24-28-21(14-35-24)17-6-10-19(27)11-7-17/h6-14,16H,15H2,1-5H3,(H,28,29,33). The van der Waals surface area contributed by atoms with Crippen molar-refractivity contribution in [3.05, 3.63) is 69.8 Å². The lowest BCUT2D eigenvalue weighted by atomic mass is 9.87. The molecular formula is C26H28BrN5O2S2. The van der Waals surface area contributed by atoms with E-state index in [1.165, 1.54) is 28.7 Å². The largest absolute Gasteiger partial charge is 0.483 e. The van der Waals surface area contributed by atoms with Gasteiger partial charge < -0.3 is 14.6 Å². The Labute approximate surface area is 227 Å². The number of thiazole rings is 1. The fourth-order valence-electron chi connectivity index (χ4n) is 3.47. The van der Waals surface area contributed by atoms with Crippen LogP contribution in [0.5, 0.6) is 5.75 Å². The first-order chi connectivity index (χ1) is 17.1. The lowest BCUT2D eigenvalue weighted by molar-refractivity contribution is -0.113. The van der Waals surface area contributed by atoms with Crippen LogP contribution in [0.1, 0.15) is 45.2 Å². The van der Waals surface area contributed by atoms with Crippen LogP contribution in [0, 0.1) is 0 Å². The summed E-state index contributed by atoms with van der Waals surface area (Å²) in [4.78, 5) is 17.0. The van der Waals surface area contributed by atoms with E-state index in [0.29, 0.717) is 16.1 Å². The molecule has 1 N–H and O–H groups in total. The second kappa shape index (κ2) is 11.1. The molecule has 4 rings (SSSR count). The average Bonchev–Trinajstić information content (AvgIpc) is 3.44. The topological polar surface area (TPSA) is 81.9 Å². The molecule has 0 aliphatic rings. The summed E-state index contributed by atoms with van der Waals surface area (Å²) in [7, 11) is 1.88. The minimum atomic E-state index is -0.293. The van der Waals surface area contributed by atoms with Crippen LogP contribution >= 0.6 is 39.0 Å². The number of nitrogens with zero attached hydrogens (tertiary/aromatic N) is 4. The van der Waals surface area contributed by atoms with Gasteiger partial charge in [-0.1, -0.05) is 72.7 Å². The number of carbonyl (C=O) groups excluding carboxylic acids is 1. The number of halogens is 1. The van der Waals surface area contributed by atoms with E-state index in [1.807, 2.05) is 60.3 Å². The van der Waals surface area contributed by atoms with Gasteiger partial charge in [-0.15, -0.1) is 21.5 Å². The highest BCUT2D eigenvalue weighted by Crippen LogP contribution is 2.28. The lowest BCUT2D eigenvalue weighted by Gasteiger charge is -2.20. The van der Waals surface area contributed by atoms with Crippen LogP contribution in [0.3, 0.4) is 0 Å². The van der Waals surface area contributed by atoms with Gasteiger partial charge in [0, 0.05) is 22.5 Å². The predicted octanol–water partition coefficient (Wildman–Crippen LogP) is 6.87. The number of hydrogen-bond acceptors (Lipinski definition) is 7. The summed E-state index contributed by atoms with van der Waals surface area (Å²) in [6.07, 6.45) is -0.293. The smallest absolute Gasteiger partial charge is 0.236 e. The number of ether oxygens (including phenoxy) is 1. The highest BCUT2D eigenvalue weighted by Gasteiger charge is 2.19. The second-order valence-corrected chi connectivity index (χ2v) is 12.0. The third kappa shape index (κ3) is 6.54. The zero-order valence-electron chi connectivity index (χ0n) is 20.8. The molecule has 0 fully saturated rings. The number of aromatic nitrogens is 4. The molecule has 1 unspecified atom stereocenters. The number of amides is 1. The van der Waals surface area contributed by atoms with Crippen molar-refractivity contribution in [2.24, 2.45) is 7.05 Å². The molecule has 36 heavy (non-hydrogen) atoms. The first-order valence-electron chi connectivity index (χ1n) is 11.4. The van der Waals surface area contributed by atoms with Crippen molar-refractivity contribution in [1.82, 2.24) is 19.7 Å². The molecule has 0 saturated carbocycles. The summed E-state index contributed by atoms with van der Waals surface area (Å²) in [5.41, 5.74) is 3.17. The Balaban J connectivity index is 1.31. The molecule has 7 nitrogen and oxygen atoms in total. The number of rotatable bonds is 8. The van der Waals surface area contributed by atoms with Gasteiger partial charge in [-0.2, -0.15) is 0 Å². The first-order valence-corrected chi connectivity index (χ1v) is 14.1. The molecule has 0 spiro atoms. The number of nitrogens with one attached hydrogen (secondary N) is 1. The fraction of sp³-hybridized carbons (Fsp3) is 0.308. The van der Waals surface area contributed by atoms with E-state index in [9.17, 15) is 4.79 Å². The quantitative estimate of drug-likeness (QED) is 0.227. The van der Waals surface area contributed by atoms with Gasteiger partial charge in [-0.25, -0.2) is 4.98 Å². The zero-order chi connectivity index (χ0) is 25.9. The van der Waals surface area contributed by atoms with Crippen molar-refractivity contribution >= 4 is 50.1 Å².